The second kappa shape index (κ2) is 6.59. The number of hydrogen-bond donors (Lipinski definition) is 1. The summed E-state index contributed by atoms with van der Waals surface area (Å²) in [5.41, 5.74) is 1.72. The maximum Gasteiger partial charge on any atom is 0.251 e. The molecule has 2 rings (SSSR count). The van der Waals surface area contributed by atoms with Gasteiger partial charge in [-0.3, -0.25) is 4.79 Å². The Kier molecular flexibility index (Phi) is 4.81. The zero-order chi connectivity index (χ0) is 15.4. The highest BCUT2D eigenvalue weighted by molar-refractivity contribution is 6.31. The van der Waals surface area contributed by atoms with Gasteiger partial charge in [0.05, 0.1) is 7.11 Å². The second-order valence-electron chi connectivity index (χ2n) is 4.56. The molecule has 0 radical (unpaired) electrons. The van der Waals surface area contributed by atoms with Crippen molar-refractivity contribution in [3.63, 3.8) is 0 Å². The maximum absolute atomic E-state index is 13.0. The van der Waals surface area contributed by atoms with Crippen molar-refractivity contribution in [3.05, 3.63) is 63.9 Å². The lowest BCUT2D eigenvalue weighted by Crippen LogP contribution is -2.24. The second-order valence-corrected chi connectivity index (χ2v) is 4.97. The molecule has 2 aromatic carbocycles. The van der Waals surface area contributed by atoms with Crippen LogP contribution in [0.15, 0.2) is 36.4 Å². The first-order chi connectivity index (χ1) is 10.0. The molecule has 2 aromatic rings. The van der Waals surface area contributed by atoms with E-state index in [9.17, 15) is 9.18 Å². The van der Waals surface area contributed by atoms with E-state index < -0.39 is 0 Å². The minimum atomic E-state index is -0.364. The molecule has 0 saturated heterocycles. The number of ether oxygens (including phenoxy) is 1. The first kappa shape index (κ1) is 15.3. The largest absolute Gasteiger partial charge is 0.496 e. The van der Waals surface area contributed by atoms with E-state index >= 15 is 0 Å². The molecule has 0 spiro atoms. The Labute approximate surface area is 127 Å². The predicted octanol–water partition coefficient (Wildman–Crippen LogP) is 3.73. The Balaban J connectivity index is 2.15. The molecular formula is C16H15ClFNO2. The molecule has 5 heteroatoms. The molecule has 0 heterocycles. The van der Waals surface area contributed by atoms with Gasteiger partial charge in [0, 0.05) is 22.7 Å². The molecule has 3 nitrogen and oxygen atoms in total. The Morgan fingerprint density at radius 3 is 2.76 bits per heavy atom. The summed E-state index contributed by atoms with van der Waals surface area (Å²) in [7, 11) is 1.54. The lowest BCUT2D eigenvalue weighted by molar-refractivity contribution is 0.0950. The number of methoxy groups -OCH3 is 1. The van der Waals surface area contributed by atoms with E-state index in [1.165, 1.54) is 18.2 Å². The summed E-state index contributed by atoms with van der Waals surface area (Å²) in [6, 6.07) is 9.33. The van der Waals surface area contributed by atoms with Gasteiger partial charge in [0.1, 0.15) is 11.6 Å². The normalized spacial score (nSPS) is 10.3. The molecule has 0 aliphatic carbocycles. The summed E-state index contributed by atoms with van der Waals surface area (Å²) in [6.07, 6.45) is 0. The average molecular weight is 308 g/mol. The summed E-state index contributed by atoms with van der Waals surface area (Å²) in [4.78, 5) is 12.1. The molecule has 0 aliphatic heterocycles. The van der Waals surface area contributed by atoms with Gasteiger partial charge in [-0.25, -0.2) is 4.39 Å². The van der Waals surface area contributed by atoms with Crippen LogP contribution in [0.2, 0.25) is 5.02 Å². The molecule has 1 amide bonds. The van der Waals surface area contributed by atoms with E-state index in [2.05, 4.69) is 5.32 Å². The fourth-order valence-corrected chi connectivity index (χ4v) is 2.28. The molecule has 0 unspecified atom stereocenters. The quantitative estimate of drug-likeness (QED) is 0.934. The SMILES string of the molecule is COc1cccc(Cl)c1CNC(=O)c1ccc(F)cc1C. The Bertz CT molecular complexity index is 673. The third-order valence-electron chi connectivity index (χ3n) is 3.15. The number of nitrogens with one attached hydrogen (secondary N) is 1. The first-order valence-electron chi connectivity index (χ1n) is 6.38. The Hall–Kier alpha value is -2.07. The number of amides is 1. The molecule has 110 valence electrons. The van der Waals surface area contributed by atoms with Crippen LogP contribution in [0.4, 0.5) is 4.39 Å². The smallest absolute Gasteiger partial charge is 0.251 e. The summed E-state index contributed by atoms with van der Waals surface area (Å²) in [5.74, 6) is -0.0371. The van der Waals surface area contributed by atoms with Gasteiger partial charge in [0.2, 0.25) is 0 Å². The number of benzene rings is 2. The summed E-state index contributed by atoms with van der Waals surface area (Å²) < 4.78 is 18.3. The van der Waals surface area contributed by atoms with Crippen molar-refractivity contribution in [2.75, 3.05) is 7.11 Å². The molecule has 21 heavy (non-hydrogen) atoms. The highest BCUT2D eigenvalue weighted by Gasteiger charge is 2.12. The highest BCUT2D eigenvalue weighted by Crippen LogP contribution is 2.26. The number of halogens is 2. The molecule has 0 aliphatic rings. The van der Waals surface area contributed by atoms with E-state index in [4.69, 9.17) is 16.3 Å². The van der Waals surface area contributed by atoms with Gasteiger partial charge in [-0.05, 0) is 42.8 Å². The van der Waals surface area contributed by atoms with E-state index in [1.54, 1.807) is 32.2 Å². The fraction of sp³-hybridized carbons (Fsp3) is 0.188. The van der Waals surface area contributed by atoms with Crippen molar-refractivity contribution >= 4 is 17.5 Å². The van der Waals surface area contributed by atoms with Gasteiger partial charge >= 0.3 is 0 Å². The predicted molar refractivity (Wildman–Crippen MR) is 80.3 cm³/mol. The third-order valence-corrected chi connectivity index (χ3v) is 3.51. The number of rotatable bonds is 4. The van der Waals surface area contributed by atoms with Crippen LogP contribution >= 0.6 is 11.6 Å². The zero-order valence-corrected chi connectivity index (χ0v) is 12.5. The fourth-order valence-electron chi connectivity index (χ4n) is 2.05. The third kappa shape index (κ3) is 3.52. The molecule has 0 atom stereocenters. The molecule has 0 fully saturated rings. The number of aryl methyl sites for hydroxylation is 1. The van der Waals surface area contributed by atoms with E-state index in [0.29, 0.717) is 27.5 Å². The Morgan fingerprint density at radius 1 is 1.33 bits per heavy atom. The van der Waals surface area contributed by atoms with Crippen LogP contribution in [0.25, 0.3) is 0 Å². The van der Waals surface area contributed by atoms with Gasteiger partial charge in [0.15, 0.2) is 0 Å². The van der Waals surface area contributed by atoms with Crippen molar-refractivity contribution in [3.8, 4) is 5.75 Å². The molecule has 0 saturated carbocycles. The topological polar surface area (TPSA) is 38.3 Å². The number of carbonyl (C=O) groups excluding carboxylic acids is 1. The minimum Gasteiger partial charge on any atom is -0.496 e. The lowest BCUT2D eigenvalue weighted by atomic mass is 10.1. The average Bonchev–Trinajstić information content (AvgIpc) is 2.45. The van der Waals surface area contributed by atoms with Crippen LogP contribution in [-0.2, 0) is 6.54 Å². The van der Waals surface area contributed by atoms with Crippen LogP contribution in [0.3, 0.4) is 0 Å². The first-order valence-corrected chi connectivity index (χ1v) is 6.76. The van der Waals surface area contributed by atoms with Gasteiger partial charge in [-0.15, -0.1) is 0 Å². The van der Waals surface area contributed by atoms with Crippen LogP contribution < -0.4 is 10.1 Å². The maximum atomic E-state index is 13.0. The number of hydrogen-bond acceptors (Lipinski definition) is 2. The standard InChI is InChI=1S/C16H15ClFNO2/c1-10-8-11(18)6-7-12(10)16(20)19-9-13-14(17)4-3-5-15(13)21-2/h3-8H,9H2,1-2H3,(H,19,20). The Morgan fingerprint density at radius 2 is 2.10 bits per heavy atom. The summed E-state index contributed by atoms with van der Waals surface area (Å²) >= 11 is 6.11. The molecule has 1 N–H and O–H groups in total. The summed E-state index contributed by atoms with van der Waals surface area (Å²) in [6.45, 7) is 1.92. The number of carbonyl (C=O) groups is 1. The molecule has 0 aromatic heterocycles. The van der Waals surface area contributed by atoms with Crippen molar-refractivity contribution in [1.82, 2.24) is 5.32 Å². The van der Waals surface area contributed by atoms with E-state index in [1.807, 2.05) is 0 Å². The van der Waals surface area contributed by atoms with Crippen molar-refractivity contribution in [1.29, 1.82) is 0 Å². The van der Waals surface area contributed by atoms with Gasteiger partial charge in [-0.2, -0.15) is 0 Å². The van der Waals surface area contributed by atoms with Crippen LogP contribution in [-0.4, -0.2) is 13.0 Å². The van der Waals surface area contributed by atoms with Gasteiger partial charge in [-0.1, -0.05) is 17.7 Å². The lowest BCUT2D eigenvalue weighted by Gasteiger charge is -2.12. The minimum absolute atomic E-state index is 0.235. The van der Waals surface area contributed by atoms with Gasteiger partial charge < -0.3 is 10.1 Å². The van der Waals surface area contributed by atoms with Crippen molar-refractivity contribution in [2.24, 2.45) is 0 Å². The molecular weight excluding hydrogens is 293 g/mol. The van der Waals surface area contributed by atoms with Crippen molar-refractivity contribution in [2.45, 2.75) is 13.5 Å². The monoisotopic (exact) mass is 307 g/mol. The van der Waals surface area contributed by atoms with Crippen LogP contribution in [0.1, 0.15) is 21.5 Å². The van der Waals surface area contributed by atoms with Crippen LogP contribution in [0, 0.1) is 12.7 Å². The molecule has 0 bridgehead atoms. The van der Waals surface area contributed by atoms with Crippen molar-refractivity contribution < 1.29 is 13.9 Å². The van der Waals surface area contributed by atoms with Gasteiger partial charge in [0.25, 0.3) is 5.91 Å². The van der Waals surface area contributed by atoms with E-state index in [0.717, 1.165) is 0 Å². The highest BCUT2D eigenvalue weighted by atomic mass is 35.5. The zero-order valence-electron chi connectivity index (χ0n) is 11.7. The summed E-state index contributed by atoms with van der Waals surface area (Å²) in [5, 5.41) is 3.28. The van der Waals surface area contributed by atoms with Crippen LogP contribution in [0.5, 0.6) is 5.75 Å². The van der Waals surface area contributed by atoms with E-state index in [-0.39, 0.29) is 18.3 Å².